The fourth-order valence-electron chi connectivity index (χ4n) is 2.23. The largest absolute Gasteiger partial charge is 0.490 e. The van der Waals surface area contributed by atoms with Crippen LogP contribution in [0, 0.1) is 0 Å². The number of carbonyl (C=O) groups excluding carboxylic acids is 1. The molecule has 1 amide bonds. The molecule has 4 heteroatoms. The van der Waals surface area contributed by atoms with Crippen molar-refractivity contribution in [1.82, 2.24) is 5.32 Å². The topological polar surface area (TPSA) is 47.6 Å². The lowest BCUT2D eigenvalue weighted by Crippen LogP contribution is -2.26. The van der Waals surface area contributed by atoms with Gasteiger partial charge in [-0.3, -0.25) is 4.79 Å². The summed E-state index contributed by atoms with van der Waals surface area (Å²) in [4.78, 5) is 12.1. The van der Waals surface area contributed by atoms with Gasteiger partial charge in [0.25, 0.3) is 5.91 Å². The highest BCUT2D eigenvalue weighted by molar-refractivity contribution is 5.97. The van der Waals surface area contributed by atoms with E-state index < -0.39 is 0 Å². The van der Waals surface area contributed by atoms with Gasteiger partial charge in [-0.15, -0.1) is 0 Å². The minimum atomic E-state index is -0.0366. The quantitative estimate of drug-likeness (QED) is 0.883. The zero-order valence-electron chi connectivity index (χ0n) is 10.9. The van der Waals surface area contributed by atoms with Crippen LogP contribution in [0.15, 0.2) is 24.3 Å². The number of amides is 1. The molecule has 1 aliphatic heterocycles. The van der Waals surface area contributed by atoms with E-state index in [1.165, 1.54) is 0 Å². The summed E-state index contributed by atoms with van der Waals surface area (Å²) in [6, 6.07) is 7.76. The van der Waals surface area contributed by atoms with Crippen molar-refractivity contribution < 1.29 is 14.3 Å². The van der Waals surface area contributed by atoms with E-state index in [-0.39, 0.29) is 12.0 Å². The molecule has 0 bridgehead atoms. The van der Waals surface area contributed by atoms with Crippen LogP contribution in [0.25, 0.3) is 0 Å². The zero-order chi connectivity index (χ0) is 13.1. The highest BCUT2D eigenvalue weighted by Gasteiger charge is 2.25. The number of nitrogens with one attached hydrogen (secondary N) is 1. The van der Waals surface area contributed by atoms with Gasteiger partial charge in [-0.1, -0.05) is 12.1 Å². The minimum absolute atomic E-state index is 0.0366. The van der Waals surface area contributed by atoms with Crippen LogP contribution >= 0.6 is 0 Å². The third kappa shape index (κ3) is 3.26. The van der Waals surface area contributed by atoms with Gasteiger partial charge in [0, 0.05) is 12.6 Å². The lowest BCUT2D eigenvalue weighted by Gasteiger charge is -2.14. The lowest BCUT2D eigenvalue weighted by molar-refractivity contribution is 0.0670. The van der Waals surface area contributed by atoms with Gasteiger partial charge >= 0.3 is 0 Å². The van der Waals surface area contributed by atoms with Gasteiger partial charge in [0.1, 0.15) is 12.4 Å². The summed E-state index contributed by atoms with van der Waals surface area (Å²) in [5.41, 5.74) is 0.618. The highest BCUT2D eigenvalue weighted by Crippen LogP contribution is 2.23. The fraction of sp³-hybridized carbons (Fsp3) is 0.533. The summed E-state index contributed by atoms with van der Waals surface area (Å²) < 4.78 is 11.3. The maximum atomic E-state index is 12.1. The molecule has 1 aromatic rings. The van der Waals surface area contributed by atoms with Crippen LogP contribution in [0.3, 0.4) is 0 Å². The second-order valence-electron chi connectivity index (χ2n) is 5.19. The molecule has 1 N–H and O–H groups in total. The highest BCUT2D eigenvalue weighted by atomic mass is 16.5. The summed E-state index contributed by atoms with van der Waals surface area (Å²) in [5, 5.41) is 2.99. The first-order valence-electron chi connectivity index (χ1n) is 6.97. The van der Waals surface area contributed by atoms with E-state index in [4.69, 9.17) is 9.47 Å². The van der Waals surface area contributed by atoms with Gasteiger partial charge in [0.15, 0.2) is 0 Å². The van der Waals surface area contributed by atoms with E-state index in [2.05, 4.69) is 5.32 Å². The van der Waals surface area contributed by atoms with Crippen molar-refractivity contribution in [3.63, 3.8) is 0 Å². The molecular formula is C15H19NO3. The van der Waals surface area contributed by atoms with Crippen LogP contribution in [0.4, 0.5) is 0 Å². The molecule has 102 valence electrons. The van der Waals surface area contributed by atoms with Crippen molar-refractivity contribution in [2.75, 3.05) is 13.2 Å². The Kier molecular flexibility index (Phi) is 3.69. The minimum Gasteiger partial charge on any atom is -0.490 e. The Hall–Kier alpha value is -1.55. The number of benzene rings is 1. The predicted octanol–water partition coefficient (Wildman–Crippen LogP) is 2.14. The molecule has 1 aliphatic carbocycles. The number of para-hydroxylation sites is 1. The molecule has 4 nitrogen and oxygen atoms in total. The average molecular weight is 261 g/mol. The molecule has 0 spiro atoms. The summed E-state index contributed by atoms with van der Waals surface area (Å²) in [5.74, 6) is 0.613. The Balaban J connectivity index is 1.63. The number of rotatable bonds is 5. The molecule has 1 heterocycles. The third-order valence-electron chi connectivity index (χ3n) is 3.49. The SMILES string of the molecule is O=C(NC1CC1)c1ccccc1OCC1CCCO1. The number of hydrogen-bond acceptors (Lipinski definition) is 3. The van der Waals surface area contributed by atoms with E-state index in [0.717, 1.165) is 32.3 Å². The Labute approximate surface area is 113 Å². The van der Waals surface area contributed by atoms with Crippen LogP contribution < -0.4 is 10.1 Å². The summed E-state index contributed by atoms with van der Waals surface area (Å²) in [6.07, 6.45) is 4.48. The zero-order valence-corrected chi connectivity index (χ0v) is 10.9. The molecule has 1 unspecified atom stereocenters. The normalized spacial score (nSPS) is 22.2. The second kappa shape index (κ2) is 5.61. The van der Waals surface area contributed by atoms with Crippen molar-refractivity contribution in [1.29, 1.82) is 0 Å². The van der Waals surface area contributed by atoms with E-state index in [1.807, 2.05) is 24.3 Å². The predicted molar refractivity (Wildman–Crippen MR) is 71.4 cm³/mol. The summed E-state index contributed by atoms with van der Waals surface area (Å²) >= 11 is 0. The molecule has 1 atom stereocenters. The Morgan fingerprint density at radius 1 is 1.32 bits per heavy atom. The van der Waals surface area contributed by atoms with Gasteiger partial charge < -0.3 is 14.8 Å². The molecular weight excluding hydrogens is 242 g/mol. The average Bonchev–Trinajstić information content (AvgIpc) is 3.09. The Morgan fingerprint density at radius 3 is 2.89 bits per heavy atom. The third-order valence-corrected chi connectivity index (χ3v) is 3.49. The molecule has 0 aromatic heterocycles. The Morgan fingerprint density at radius 2 is 2.16 bits per heavy atom. The lowest BCUT2D eigenvalue weighted by atomic mass is 10.2. The smallest absolute Gasteiger partial charge is 0.255 e. The molecule has 2 aliphatic rings. The van der Waals surface area contributed by atoms with E-state index in [1.54, 1.807) is 0 Å². The molecule has 19 heavy (non-hydrogen) atoms. The summed E-state index contributed by atoms with van der Waals surface area (Å²) in [7, 11) is 0. The molecule has 3 rings (SSSR count). The molecule has 2 fully saturated rings. The van der Waals surface area contributed by atoms with Gasteiger partial charge in [0.05, 0.1) is 11.7 Å². The van der Waals surface area contributed by atoms with E-state index in [9.17, 15) is 4.79 Å². The molecule has 1 aromatic carbocycles. The number of ether oxygens (including phenoxy) is 2. The second-order valence-corrected chi connectivity index (χ2v) is 5.19. The Bertz CT molecular complexity index is 450. The first-order chi connectivity index (χ1) is 9.33. The van der Waals surface area contributed by atoms with Crippen molar-refractivity contribution in [2.45, 2.75) is 37.8 Å². The van der Waals surface area contributed by atoms with Gasteiger partial charge in [0.2, 0.25) is 0 Å². The monoisotopic (exact) mass is 261 g/mol. The fourth-order valence-corrected chi connectivity index (χ4v) is 2.23. The maximum absolute atomic E-state index is 12.1. The van der Waals surface area contributed by atoms with Crippen LogP contribution in [0.2, 0.25) is 0 Å². The maximum Gasteiger partial charge on any atom is 0.255 e. The van der Waals surface area contributed by atoms with Crippen LogP contribution in [-0.2, 0) is 4.74 Å². The van der Waals surface area contributed by atoms with Crippen molar-refractivity contribution in [3.8, 4) is 5.75 Å². The standard InChI is InChI=1S/C15H19NO3/c17-15(16-11-7-8-11)13-5-1-2-6-14(13)19-10-12-4-3-9-18-12/h1-2,5-6,11-12H,3-4,7-10H2,(H,16,17). The van der Waals surface area contributed by atoms with Crippen molar-refractivity contribution in [2.24, 2.45) is 0 Å². The number of carbonyl (C=O) groups is 1. The van der Waals surface area contributed by atoms with E-state index in [0.29, 0.717) is 24.0 Å². The van der Waals surface area contributed by atoms with Crippen LogP contribution in [-0.4, -0.2) is 31.3 Å². The van der Waals surface area contributed by atoms with Crippen molar-refractivity contribution >= 4 is 5.91 Å². The van der Waals surface area contributed by atoms with Gasteiger partial charge in [-0.25, -0.2) is 0 Å². The molecule has 1 saturated heterocycles. The van der Waals surface area contributed by atoms with Crippen molar-refractivity contribution in [3.05, 3.63) is 29.8 Å². The molecule has 1 saturated carbocycles. The summed E-state index contributed by atoms with van der Waals surface area (Å²) in [6.45, 7) is 1.34. The first-order valence-corrected chi connectivity index (χ1v) is 6.97. The first kappa shape index (κ1) is 12.5. The van der Waals surface area contributed by atoms with Crippen LogP contribution in [0.5, 0.6) is 5.75 Å². The number of hydrogen-bond donors (Lipinski definition) is 1. The molecule has 0 radical (unpaired) electrons. The van der Waals surface area contributed by atoms with Crippen LogP contribution in [0.1, 0.15) is 36.0 Å². The van der Waals surface area contributed by atoms with E-state index >= 15 is 0 Å². The van der Waals surface area contributed by atoms with Gasteiger partial charge in [-0.05, 0) is 37.8 Å². The van der Waals surface area contributed by atoms with Gasteiger partial charge in [-0.2, -0.15) is 0 Å².